The van der Waals surface area contributed by atoms with Gasteiger partial charge in [0.25, 0.3) is 0 Å². The molecule has 2 aromatic rings. The molecule has 0 bridgehead atoms. The Morgan fingerprint density at radius 3 is 2.59 bits per heavy atom. The lowest BCUT2D eigenvalue weighted by Gasteiger charge is -2.28. The first kappa shape index (κ1) is 21.6. The number of aromatic nitrogens is 2. The molecule has 0 spiro atoms. The Morgan fingerprint density at radius 1 is 1.21 bits per heavy atom. The highest BCUT2D eigenvalue weighted by molar-refractivity contribution is 5.56. The monoisotopic (exact) mass is 406 g/mol. The minimum Gasteiger partial charge on any atom is -0.324 e. The van der Waals surface area contributed by atoms with Crippen LogP contribution in [-0.2, 0) is 19.3 Å². The summed E-state index contributed by atoms with van der Waals surface area (Å²) in [6, 6.07) is 4.52. The van der Waals surface area contributed by atoms with Gasteiger partial charge in [0, 0.05) is 36.6 Å². The number of alkyl halides is 3. The van der Waals surface area contributed by atoms with Gasteiger partial charge in [-0.2, -0.15) is 13.2 Å². The normalized spacial score (nSPS) is 15.6. The average molecular weight is 406 g/mol. The van der Waals surface area contributed by atoms with Gasteiger partial charge in [-0.1, -0.05) is 27.2 Å². The summed E-state index contributed by atoms with van der Waals surface area (Å²) in [5.74, 6) is 1.06. The molecule has 2 heterocycles. The molecular weight excluding hydrogens is 377 g/mol. The quantitative estimate of drug-likeness (QED) is 0.605. The van der Waals surface area contributed by atoms with Gasteiger partial charge in [-0.05, 0) is 49.4 Å². The van der Waals surface area contributed by atoms with Crippen molar-refractivity contribution in [1.82, 2.24) is 14.9 Å². The molecule has 0 fully saturated rings. The second kappa shape index (κ2) is 8.69. The number of hydrogen-bond donors (Lipinski definition) is 1. The van der Waals surface area contributed by atoms with Crippen molar-refractivity contribution >= 4 is 11.6 Å². The molecule has 3 rings (SSSR count). The average Bonchev–Trinajstić information content (AvgIpc) is 3.03. The van der Waals surface area contributed by atoms with E-state index in [4.69, 9.17) is 0 Å². The van der Waals surface area contributed by atoms with Crippen molar-refractivity contribution < 1.29 is 13.2 Å². The smallest absolute Gasteiger partial charge is 0.324 e. The van der Waals surface area contributed by atoms with E-state index in [1.165, 1.54) is 19.1 Å². The number of hydrogen-bond acceptors (Lipinski definition) is 4. The van der Waals surface area contributed by atoms with Crippen LogP contribution in [0.25, 0.3) is 0 Å². The fourth-order valence-corrected chi connectivity index (χ4v) is 4.01. The number of aryl methyl sites for hydroxylation is 1. The second-order valence-electron chi connectivity index (χ2n) is 8.30. The molecular formula is C22H29F3N4. The molecule has 1 N–H and O–H groups in total. The predicted molar refractivity (Wildman–Crippen MR) is 109 cm³/mol. The van der Waals surface area contributed by atoms with E-state index < -0.39 is 11.7 Å². The first-order chi connectivity index (χ1) is 13.7. The van der Waals surface area contributed by atoms with Gasteiger partial charge < -0.3 is 5.32 Å². The zero-order chi connectivity index (χ0) is 21.2. The van der Waals surface area contributed by atoms with E-state index in [0.29, 0.717) is 23.6 Å². The fraction of sp³-hybridized carbons (Fsp3) is 0.545. The summed E-state index contributed by atoms with van der Waals surface area (Å²) in [5.41, 5.74) is 2.22. The molecule has 0 aliphatic carbocycles. The molecule has 0 radical (unpaired) electrons. The van der Waals surface area contributed by atoms with Gasteiger partial charge in [0.05, 0.1) is 11.3 Å². The Balaban J connectivity index is 1.72. The molecule has 1 aliphatic rings. The molecule has 0 saturated heterocycles. The maximum absolute atomic E-state index is 12.9. The van der Waals surface area contributed by atoms with Gasteiger partial charge in [0.15, 0.2) is 0 Å². The van der Waals surface area contributed by atoms with Gasteiger partial charge >= 0.3 is 6.18 Å². The van der Waals surface area contributed by atoms with Crippen LogP contribution in [0.1, 0.15) is 62.4 Å². The zero-order valence-corrected chi connectivity index (χ0v) is 17.5. The number of benzene rings is 1. The number of fused-ring (bicyclic) bond motifs is 1. The summed E-state index contributed by atoms with van der Waals surface area (Å²) in [7, 11) is 0. The SMILES string of the molecule is CCC[C@@H](CC(C)C)N1Cc2cnc(Nc3ccc(C(F)(F)F)c(C)c3)nc2C1. The minimum atomic E-state index is -4.35. The molecule has 29 heavy (non-hydrogen) atoms. The van der Waals surface area contributed by atoms with E-state index in [1.807, 2.05) is 6.20 Å². The van der Waals surface area contributed by atoms with Gasteiger partial charge in [0.1, 0.15) is 0 Å². The van der Waals surface area contributed by atoms with Gasteiger partial charge in [0.2, 0.25) is 5.95 Å². The highest BCUT2D eigenvalue weighted by atomic mass is 19.4. The van der Waals surface area contributed by atoms with Crippen LogP contribution < -0.4 is 5.32 Å². The van der Waals surface area contributed by atoms with Crippen LogP contribution in [0.4, 0.5) is 24.8 Å². The van der Waals surface area contributed by atoms with Crippen LogP contribution in [-0.4, -0.2) is 20.9 Å². The Kier molecular flexibility index (Phi) is 6.46. The van der Waals surface area contributed by atoms with E-state index in [9.17, 15) is 13.2 Å². The standard InChI is InChI=1S/C22H29F3N4/c1-5-6-18(9-14(2)3)29-12-16-11-26-21(28-20(16)13-29)27-17-7-8-19(15(4)10-17)22(23,24)25/h7-8,10-11,14,18H,5-6,9,12-13H2,1-4H3,(H,26,27,28)/t18-/m0/s1. The second-order valence-corrected chi connectivity index (χ2v) is 8.30. The molecule has 1 aliphatic heterocycles. The molecule has 7 heteroatoms. The number of nitrogens with zero attached hydrogens (tertiary/aromatic N) is 3. The topological polar surface area (TPSA) is 41.1 Å². The fourth-order valence-electron chi connectivity index (χ4n) is 4.01. The maximum Gasteiger partial charge on any atom is 0.416 e. The molecule has 0 unspecified atom stereocenters. The van der Waals surface area contributed by atoms with Crippen molar-refractivity contribution in [3.05, 3.63) is 46.8 Å². The Hall–Kier alpha value is -2.15. The highest BCUT2D eigenvalue weighted by Gasteiger charge is 2.32. The molecule has 1 aromatic carbocycles. The van der Waals surface area contributed by atoms with Crippen LogP contribution in [0.5, 0.6) is 0 Å². The predicted octanol–water partition coefficient (Wildman–Crippen LogP) is 6.08. The van der Waals surface area contributed by atoms with Crippen molar-refractivity contribution in [2.75, 3.05) is 5.32 Å². The lowest BCUT2D eigenvalue weighted by Crippen LogP contribution is -2.31. The highest BCUT2D eigenvalue weighted by Crippen LogP contribution is 2.33. The van der Waals surface area contributed by atoms with Crippen LogP contribution in [0.3, 0.4) is 0 Å². The summed E-state index contributed by atoms with van der Waals surface area (Å²) in [5, 5.41) is 3.05. The van der Waals surface area contributed by atoms with Crippen molar-refractivity contribution in [1.29, 1.82) is 0 Å². The summed E-state index contributed by atoms with van der Waals surface area (Å²) in [6.45, 7) is 9.81. The molecule has 1 atom stereocenters. The number of nitrogens with one attached hydrogen (secondary N) is 1. The Labute approximate surface area is 170 Å². The van der Waals surface area contributed by atoms with E-state index in [1.54, 1.807) is 0 Å². The van der Waals surface area contributed by atoms with Crippen molar-refractivity contribution in [2.45, 2.75) is 72.3 Å². The lowest BCUT2D eigenvalue weighted by atomic mass is 9.99. The third-order valence-electron chi connectivity index (χ3n) is 5.35. The lowest BCUT2D eigenvalue weighted by molar-refractivity contribution is -0.138. The van der Waals surface area contributed by atoms with Crippen LogP contribution >= 0.6 is 0 Å². The summed E-state index contributed by atoms with van der Waals surface area (Å²) < 4.78 is 38.8. The number of anilines is 2. The van der Waals surface area contributed by atoms with Gasteiger partial charge in [-0.3, -0.25) is 4.90 Å². The zero-order valence-electron chi connectivity index (χ0n) is 17.5. The van der Waals surface area contributed by atoms with E-state index in [2.05, 4.69) is 41.0 Å². The van der Waals surface area contributed by atoms with E-state index in [-0.39, 0.29) is 5.56 Å². The molecule has 1 aromatic heterocycles. The van der Waals surface area contributed by atoms with Crippen LogP contribution in [0, 0.1) is 12.8 Å². The number of halogens is 3. The first-order valence-corrected chi connectivity index (χ1v) is 10.2. The van der Waals surface area contributed by atoms with Crippen LogP contribution in [0.2, 0.25) is 0 Å². The van der Waals surface area contributed by atoms with E-state index >= 15 is 0 Å². The van der Waals surface area contributed by atoms with E-state index in [0.717, 1.165) is 49.7 Å². The van der Waals surface area contributed by atoms with Crippen molar-refractivity contribution in [3.8, 4) is 0 Å². The third kappa shape index (κ3) is 5.26. The summed E-state index contributed by atoms with van der Waals surface area (Å²) in [4.78, 5) is 11.5. The summed E-state index contributed by atoms with van der Waals surface area (Å²) >= 11 is 0. The molecule has 4 nitrogen and oxygen atoms in total. The Morgan fingerprint density at radius 2 is 1.97 bits per heavy atom. The van der Waals surface area contributed by atoms with Gasteiger partial charge in [-0.25, -0.2) is 9.97 Å². The van der Waals surface area contributed by atoms with Crippen LogP contribution in [0.15, 0.2) is 24.4 Å². The number of rotatable bonds is 7. The molecule has 0 saturated carbocycles. The van der Waals surface area contributed by atoms with Gasteiger partial charge in [-0.15, -0.1) is 0 Å². The largest absolute Gasteiger partial charge is 0.416 e. The molecule has 0 amide bonds. The maximum atomic E-state index is 12.9. The minimum absolute atomic E-state index is 0.172. The summed E-state index contributed by atoms with van der Waals surface area (Å²) in [6.07, 6.45) is 0.956. The molecule has 158 valence electrons. The van der Waals surface area contributed by atoms with Crippen molar-refractivity contribution in [3.63, 3.8) is 0 Å². The Bertz CT molecular complexity index is 848. The van der Waals surface area contributed by atoms with Crippen molar-refractivity contribution in [2.24, 2.45) is 5.92 Å². The third-order valence-corrected chi connectivity index (χ3v) is 5.35. The first-order valence-electron chi connectivity index (χ1n) is 10.2.